The number of hydrogen-bond acceptors (Lipinski definition) is 4. The fourth-order valence-corrected chi connectivity index (χ4v) is 4.98. The van der Waals surface area contributed by atoms with Gasteiger partial charge < -0.3 is 5.73 Å². The van der Waals surface area contributed by atoms with E-state index in [1.54, 1.807) is 12.1 Å². The first kappa shape index (κ1) is 15.5. The Bertz CT molecular complexity index is 719. The van der Waals surface area contributed by atoms with Crippen LogP contribution in [0.3, 0.4) is 0 Å². The Kier molecular flexibility index (Phi) is 4.53. The zero-order chi connectivity index (χ0) is 14.9. The fourth-order valence-electron chi connectivity index (χ4n) is 1.70. The summed E-state index contributed by atoms with van der Waals surface area (Å²) in [5, 5.41) is 0. The Morgan fingerprint density at radius 3 is 2.65 bits per heavy atom. The van der Waals surface area contributed by atoms with Crippen molar-refractivity contribution < 1.29 is 8.42 Å². The van der Waals surface area contributed by atoms with Crippen molar-refractivity contribution in [3.05, 3.63) is 44.7 Å². The summed E-state index contributed by atoms with van der Waals surface area (Å²) in [6.45, 7) is 3.97. The Labute approximate surface area is 131 Å². The topological polar surface area (TPSA) is 72.2 Å². The summed E-state index contributed by atoms with van der Waals surface area (Å²) in [7, 11) is -3.49. The molecule has 0 aliphatic carbocycles. The molecule has 0 aliphatic heterocycles. The van der Waals surface area contributed by atoms with Gasteiger partial charge in [0.2, 0.25) is 10.0 Å². The zero-order valence-electron chi connectivity index (χ0n) is 11.1. The average molecular weight is 375 g/mol. The molecule has 2 rings (SSSR count). The van der Waals surface area contributed by atoms with Crippen molar-refractivity contribution in [2.24, 2.45) is 0 Å². The van der Waals surface area contributed by atoms with Gasteiger partial charge in [-0.3, -0.25) is 0 Å². The summed E-state index contributed by atoms with van der Waals surface area (Å²) in [4.78, 5) is 0. The van der Waals surface area contributed by atoms with Gasteiger partial charge in [-0.1, -0.05) is 12.1 Å². The molecular weight excluding hydrogens is 360 g/mol. The highest BCUT2D eigenvalue weighted by Gasteiger charge is 2.18. The number of sulfonamides is 1. The van der Waals surface area contributed by atoms with Crippen molar-refractivity contribution in [1.82, 2.24) is 4.72 Å². The molecule has 0 aliphatic rings. The van der Waals surface area contributed by atoms with Crippen LogP contribution in [0.15, 0.2) is 32.3 Å². The smallest absolute Gasteiger partial charge is 0.250 e. The van der Waals surface area contributed by atoms with Crippen molar-refractivity contribution in [1.29, 1.82) is 0 Å². The summed E-state index contributed by atoms with van der Waals surface area (Å²) in [5.41, 5.74) is 9.17. The first-order valence-electron chi connectivity index (χ1n) is 5.91. The number of aryl methyl sites for hydroxylation is 1. The number of rotatable bonds is 4. The Morgan fingerprint density at radius 1 is 1.35 bits per heavy atom. The molecule has 0 unspecified atom stereocenters. The molecule has 1 aromatic heterocycles. The Morgan fingerprint density at radius 2 is 2.05 bits per heavy atom. The van der Waals surface area contributed by atoms with Crippen LogP contribution in [0, 0.1) is 13.8 Å². The third-order valence-corrected chi connectivity index (χ3v) is 7.05. The van der Waals surface area contributed by atoms with E-state index in [2.05, 4.69) is 20.7 Å². The molecule has 20 heavy (non-hydrogen) atoms. The maximum absolute atomic E-state index is 12.2. The molecule has 108 valence electrons. The van der Waals surface area contributed by atoms with Crippen molar-refractivity contribution in [2.45, 2.75) is 24.6 Å². The molecule has 0 atom stereocenters. The van der Waals surface area contributed by atoms with Gasteiger partial charge >= 0.3 is 0 Å². The lowest BCUT2D eigenvalue weighted by Crippen LogP contribution is -2.23. The SMILES string of the molecule is Cc1cc(S(=O)(=O)NCc2cccc(N)c2C)sc1Br. The summed E-state index contributed by atoms with van der Waals surface area (Å²) >= 11 is 4.54. The predicted molar refractivity (Wildman–Crippen MR) is 86.4 cm³/mol. The molecule has 0 fully saturated rings. The number of halogens is 1. The van der Waals surface area contributed by atoms with Gasteiger partial charge in [-0.05, 0) is 58.6 Å². The molecule has 0 saturated carbocycles. The van der Waals surface area contributed by atoms with Crippen LogP contribution in [0.1, 0.15) is 16.7 Å². The molecule has 2 aromatic rings. The lowest BCUT2D eigenvalue weighted by atomic mass is 10.1. The third-order valence-electron chi connectivity index (χ3n) is 3.04. The molecule has 0 spiro atoms. The highest BCUT2D eigenvalue weighted by Crippen LogP contribution is 2.30. The Balaban J connectivity index is 2.19. The first-order chi connectivity index (χ1) is 9.31. The van der Waals surface area contributed by atoms with Crippen molar-refractivity contribution in [3.63, 3.8) is 0 Å². The minimum Gasteiger partial charge on any atom is -0.399 e. The fraction of sp³-hybridized carbons (Fsp3) is 0.231. The second-order valence-electron chi connectivity index (χ2n) is 4.48. The number of nitrogens with two attached hydrogens (primary N) is 1. The van der Waals surface area contributed by atoms with E-state index in [-0.39, 0.29) is 6.54 Å². The second kappa shape index (κ2) is 5.85. The number of nitrogens with one attached hydrogen (secondary N) is 1. The van der Waals surface area contributed by atoms with E-state index in [0.717, 1.165) is 20.5 Å². The van der Waals surface area contributed by atoms with Crippen LogP contribution in [0.25, 0.3) is 0 Å². The molecule has 4 nitrogen and oxygen atoms in total. The number of anilines is 1. The summed E-state index contributed by atoms with van der Waals surface area (Å²) < 4.78 is 28.2. The third kappa shape index (κ3) is 3.22. The van der Waals surface area contributed by atoms with E-state index in [9.17, 15) is 8.42 Å². The molecular formula is C13H15BrN2O2S2. The monoisotopic (exact) mass is 374 g/mol. The van der Waals surface area contributed by atoms with E-state index in [1.165, 1.54) is 11.3 Å². The highest BCUT2D eigenvalue weighted by atomic mass is 79.9. The quantitative estimate of drug-likeness (QED) is 0.807. The zero-order valence-corrected chi connectivity index (χ0v) is 14.3. The van der Waals surface area contributed by atoms with Gasteiger partial charge in [0.1, 0.15) is 4.21 Å². The van der Waals surface area contributed by atoms with Gasteiger partial charge in [-0.25, -0.2) is 13.1 Å². The summed E-state index contributed by atoms with van der Waals surface area (Å²) in [6.07, 6.45) is 0. The van der Waals surface area contributed by atoms with Crippen molar-refractivity contribution in [2.75, 3.05) is 5.73 Å². The van der Waals surface area contributed by atoms with Gasteiger partial charge in [0.25, 0.3) is 0 Å². The van der Waals surface area contributed by atoms with E-state index in [0.29, 0.717) is 9.90 Å². The molecule has 0 bridgehead atoms. The highest BCUT2D eigenvalue weighted by molar-refractivity contribution is 9.11. The maximum Gasteiger partial charge on any atom is 0.250 e. The van der Waals surface area contributed by atoms with Gasteiger partial charge in [0, 0.05) is 12.2 Å². The molecule has 7 heteroatoms. The standard InChI is InChI=1S/C13H15BrN2O2S2/c1-8-6-12(19-13(8)14)20(17,18)16-7-10-4-3-5-11(15)9(10)2/h3-6,16H,7,15H2,1-2H3. The largest absolute Gasteiger partial charge is 0.399 e. The molecule has 0 radical (unpaired) electrons. The maximum atomic E-state index is 12.2. The number of hydrogen-bond donors (Lipinski definition) is 2. The van der Waals surface area contributed by atoms with Crippen LogP contribution in [-0.4, -0.2) is 8.42 Å². The van der Waals surface area contributed by atoms with Crippen molar-refractivity contribution >= 4 is 43.0 Å². The van der Waals surface area contributed by atoms with E-state index in [4.69, 9.17) is 5.73 Å². The second-order valence-corrected chi connectivity index (χ2v) is 8.84. The van der Waals surface area contributed by atoms with Crippen LogP contribution < -0.4 is 10.5 Å². The van der Waals surface area contributed by atoms with E-state index < -0.39 is 10.0 Å². The summed E-state index contributed by atoms with van der Waals surface area (Å²) in [6, 6.07) is 7.14. The molecule has 0 amide bonds. The van der Waals surface area contributed by atoms with E-state index >= 15 is 0 Å². The molecule has 3 N–H and O–H groups in total. The lowest BCUT2D eigenvalue weighted by molar-refractivity contribution is 0.583. The average Bonchev–Trinajstić information content (AvgIpc) is 2.72. The first-order valence-corrected chi connectivity index (χ1v) is 9.00. The van der Waals surface area contributed by atoms with Gasteiger partial charge in [-0.2, -0.15) is 0 Å². The minimum atomic E-state index is -3.49. The van der Waals surface area contributed by atoms with Crippen molar-refractivity contribution in [3.8, 4) is 0 Å². The summed E-state index contributed by atoms with van der Waals surface area (Å²) in [5.74, 6) is 0. The number of benzene rings is 1. The lowest BCUT2D eigenvalue weighted by Gasteiger charge is -2.09. The van der Waals surface area contributed by atoms with Crippen LogP contribution >= 0.6 is 27.3 Å². The van der Waals surface area contributed by atoms with E-state index in [1.807, 2.05) is 26.0 Å². The molecule has 0 saturated heterocycles. The molecule has 1 heterocycles. The van der Waals surface area contributed by atoms with Gasteiger partial charge in [0.05, 0.1) is 3.79 Å². The van der Waals surface area contributed by atoms with Crippen LogP contribution in [-0.2, 0) is 16.6 Å². The molecule has 1 aromatic carbocycles. The van der Waals surface area contributed by atoms with Crippen LogP contribution in [0.4, 0.5) is 5.69 Å². The predicted octanol–water partition coefficient (Wildman–Crippen LogP) is 3.19. The number of thiophene rings is 1. The number of nitrogen functional groups attached to an aromatic ring is 1. The normalized spacial score (nSPS) is 11.8. The minimum absolute atomic E-state index is 0.230. The van der Waals surface area contributed by atoms with Gasteiger partial charge in [-0.15, -0.1) is 11.3 Å². The van der Waals surface area contributed by atoms with Crippen LogP contribution in [0.2, 0.25) is 0 Å². The van der Waals surface area contributed by atoms with Gasteiger partial charge in [0.15, 0.2) is 0 Å². The van der Waals surface area contributed by atoms with Crippen LogP contribution in [0.5, 0.6) is 0 Å². The Hall–Kier alpha value is -0.890.